The van der Waals surface area contributed by atoms with Crippen LogP contribution < -0.4 is 5.32 Å². The molecule has 1 saturated heterocycles. The highest BCUT2D eigenvalue weighted by molar-refractivity contribution is 5.95. The lowest BCUT2D eigenvalue weighted by atomic mass is 10.1. The molecule has 0 bridgehead atoms. The molecule has 7 heteroatoms. The Kier molecular flexibility index (Phi) is 5.14. The number of nitrogens with zero attached hydrogens (tertiary/aromatic N) is 5. The predicted molar refractivity (Wildman–Crippen MR) is 117 cm³/mol. The molecule has 1 N–H and O–H groups in total. The summed E-state index contributed by atoms with van der Waals surface area (Å²) in [5.41, 5.74) is 4.09. The lowest BCUT2D eigenvalue weighted by molar-refractivity contribution is -0.117. The molecule has 2 aliphatic rings. The van der Waals surface area contributed by atoms with Crippen LogP contribution in [0.25, 0.3) is 22.0 Å². The van der Waals surface area contributed by atoms with Gasteiger partial charge < -0.3 is 10.2 Å². The molecule has 5 rings (SSSR count). The van der Waals surface area contributed by atoms with Gasteiger partial charge in [-0.15, -0.1) is 0 Å². The van der Waals surface area contributed by atoms with Crippen LogP contribution in [0.1, 0.15) is 18.4 Å². The number of amides is 1. The Morgan fingerprint density at radius 2 is 1.80 bits per heavy atom. The highest BCUT2D eigenvalue weighted by atomic mass is 16.2. The summed E-state index contributed by atoms with van der Waals surface area (Å²) in [5, 5.41) is 3.87. The second kappa shape index (κ2) is 8.08. The fourth-order valence-electron chi connectivity index (χ4n) is 3.83. The quantitative estimate of drug-likeness (QED) is 0.707. The average Bonchev–Trinajstić information content (AvgIpc) is 3.61. The fraction of sp³-hybridized carbons (Fsp3) is 0.391. The van der Waals surface area contributed by atoms with E-state index in [1.807, 2.05) is 24.7 Å². The summed E-state index contributed by atoms with van der Waals surface area (Å²) in [4.78, 5) is 30.2. The van der Waals surface area contributed by atoms with Crippen molar-refractivity contribution in [1.29, 1.82) is 0 Å². The molecule has 1 saturated carbocycles. The highest BCUT2D eigenvalue weighted by Gasteiger charge is 2.29. The number of likely N-dealkylation sites (N-methyl/N-ethyl adjacent to an activating group) is 1. The standard InChI is InChI=1S/C23H26N6O/c1-28-4-6-29(7-5-28)15-16-8-19(12-24-11-16)20-9-18-10-22(26-14-21(18)25-13-20)27-23(30)17-2-3-17/h8-14,17H,2-7,15H2,1H3,(H,26,27,30). The molecular weight excluding hydrogens is 376 g/mol. The number of hydrogen-bond acceptors (Lipinski definition) is 6. The second-order valence-electron chi connectivity index (χ2n) is 8.41. The molecular formula is C23H26N6O. The van der Waals surface area contributed by atoms with Gasteiger partial charge in [0.15, 0.2) is 0 Å². The lowest BCUT2D eigenvalue weighted by Gasteiger charge is -2.32. The van der Waals surface area contributed by atoms with Crippen LogP contribution in [0.3, 0.4) is 0 Å². The maximum Gasteiger partial charge on any atom is 0.228 e. The Labute approximate surface area is 176 Å². The molecule has 1 aliphatic carbocycles. The zero-order chi connectivity index (χ0) is 20.5. The molecule has 0 unspecified atom stereocenters. The third-order valence-electron chi connectivity index (χ3n) is 5.90. The SMILES string of the molecule is CN1CCN(Cc2cncc(-c3cnc4cnc(NC(=O)C5CC5)cc4c3)c2)CC1. The molecule has 0 atom stereocenters. The first-order valence-corrected chi connectivity index (χ1v) is 10.6. The molecule has 0 aromatic carbocycles. The van der Waals surface area contributed by atoms with Crippen LogP contribution in [0.5, 0.6) is 0 Å². The first kappa shape index (κ1) is 19.1. The molecule has 0 radical (unpaired) electrons. The predicted octanol–water partition coefficient (Wildman–Crippen LogP) is 2.79. The van der Waals surface area contributed by atoms with Crippen molar-refractivity contribution in [1.82, 2.24) is 24.8 Å². The van der Waals surface area contributed by atoms with E-state index < -0.39 is 0 Å². The van der Waals surface area contributed by atoms with Crippen molar-refractivity contribution in [3.8, 4) is 11.1 Å². The largest absolute Gasteiger partial charge is 0.310 e. The average molecular weight is 403 g/mol. The van der Waals surface area contributed by atoms with Crippen molar-refractivity contribution in [3.05, 3.63) is 48.5 Å². The first-order valence-electron chi connectivity index (χ1n) is 10.6. The Morgan fingerprint density at radius 3 is 2.60 bits per heavy atom. The van der Waals surface area contributed by atoms with E-state index in [4.69, 9.17) is 0 Å². The summed E-state index contributed by atoms with van der Waals surface area (Å²) < 4.78 is 0. The van der Waals surface area contributed by atoms with Gasteiger partial charge in [-0.1, -0.05) is 0 Å². The molecule has 2 fully saturated rings. The van der Waals surface area contributed by atoms with Crippen LogP contribution in [0, 0.1) is 5.92 Å². The van der Waals surface area contributed by atoms with Gasteiger partial charge in [0.1, 0.15) is 5.82 Å². The van der Waals surface area contributed by atoms with E-state index in [9.17, 15) is 4.79 Å². The smallest absolute Gasteiger partial charge is 0.228 e. The monoisotopic (exact) mass is 402 g/mol. The summed E-state index contributed by atoms with van der Waals surface area (Å²) in [6.07, 6.45) is 9.36. The number of aromatic nitrogens is 3. The van der Waals surface area contributed by atoms with Crippen LogP contribution in [-0.4, -0.2) is 63.9 Å². The topological polar surface area (TPSA) is 74.2 Å². The normalized spacial score (nSPS) is 17.9. The van der Waals surface area contributed by atoms with E-state index in [-0.39, 0.29) is 11.8 Å². The number of fused-ring (bicyclic) bond motifs is 1. The minimum Gasteiger partial charge on any atom is -0.310 e. The van der Waals surface area contributed by atoms with Crippen molar-refractivity contribution < 1.29 is 4.79 Å². The van der Waals surface area contributed by atoms with E-state index in [2.05, 4.69) is 49.2 Å². The van der Waals surface area contributed by atoms with Crippen LogP contribution in [0.4, 0.5) is 5.82 Å². The van der Waals surface area contributed by atoms with Gasteiger partial charge in [-0.25, -0.2) is 4.98 Å². The van der Waals surface area contributed by atoms with Gasteiger partial charge in [-0.3, -0.25) is 19.7 Å². The third-order valence-corrected chi connectivity index (χ3v) is 5.90. The number of hydrogen-bond donors (Lipinski definition) is 1. The number of nitrogens with one attached hydrogen (secondary N) is 1. The molecule has 7 nitrogen and oxygen atoms in total. The molecule has 30 heavy (non-hydrogen) atoms. The van der Waals surface area contributed by atoms with E-state index in [0.29, 0.717) is 5.82 Å². The Hall–Kier alpha value is -2.90. The van der Waals surface area contributed by atoms with Crippen LogP contribution >= 0.6 is 0 Å². The van der Waals surface area contributed by atoms with Gasteiger partial charge in [0.25, 0.3) is 0 Å². The molecule has 1 aliphatic heterocycles. The highest BCUT2D eigenvalue weighted by Crippen LogP contribution is 2.30. The first-order chi connectivity index (χ1) is 14.6. The Balaban J connectivity index is 1.36. The number of carbonyl (C=O) groups excluding carboxylic acids is 1. The van der Waals surface area contributed by atoms with Crippen molar-refractivity contribution in [2.45, 2.75) is 19.4 Å². The van der Waals surface area contributed by atoms with Gasteiger partial charge in [0.05, 0.1) is 11.7 Å². The number of carbonyl (C=O) groups is 1. The Morgan fingerprint density at radius 1 is 1.00 bits per heavy atom. The van der Waals surface area contributed by atoms with Crippen molar-refractivity contribution >= 4 is 22.6 Å². The summed E-state index contributed by atoms with van der Waals surface area (Å²) in [6, 6.07) is 6.19. The van der Waals surface area contributed by atoms with Gasteiger partial charge in [-0.05, 0) is 43.7 Å². The summed E-state index contributed by atoms with van der Waals surface area (Å²) in [7, 11) is 2.17. The van der Waals surface area contributed by atoms with Gasteiger partial charge >= 0.3 is 0 Å². The van der Waals surface area contributed by atoms with Crippen LogP contribution in [0.2, 0.25) is 0 Å². The minimum absolute atomic E-state index is 0.0618. The van der Waals surface area contributed by atoms with E-state index >= 15 is 0 Å². The van der Waals surface area contributed by atoms with E-state index in [1.165, 1.54) is 5.56 Å². The minimum atomic E-state index is 0.0618. The maximum absolute atomic E-state index is 12.0. The fourth-order valence-corrected chi connectivity index (χ4v) is 3.83. The van der Waals surface area contributed by atoms with Gasteiger partial charge in [0, 0.05) is 73.7 Å². The number of pyridine rings is 3. The lowest BCUT2D eigenvalue weighted by Crippen LogP contribution is -2.43. The molecule has 3 aromatic rings. The summed E-state index contributed by atoms with van der Waals surface area (Å²) in [6.45, 7) is 5.29. The molecule has 154 valence electrons. The van der Waals surface area contributed by atoms with Gasteiger partial charge in [0.2, 0.25) is 5.91 Å². The Bertz CT molecular complexity index is 1070. The molecule has 3 aromatic heterocycles. The summed E-state index contributed by atoms with van der Waals surface area (Å²) in [5.74, 6) is 0.799. The number of rotatable bonds is 5. The zero-order valence-electron chi connectivity index (χ0n) is 17.2. The molecule has 0 spiro atoms. The third kappa shape index (κ3) is 4.32. The van der Waals surface area contributed by atoms with Gasteiger partial charge in [-0.2, -0.15) is 0 Å². The second-order valence-corrected chi connectivity index (χ2v) is 8.41. The van der Waals surface area contributed by atoms with E-state index in [0.717, 1.165) is 67.6 Å². The maximum atomic E-state index is 12.0. The zero-order valence-corrected chi connectivity index (χ0v) is 17.2. The van der Waals surface area contributed by atoms with E-state index in [1.54, 1.807) is 6.20 Å². The number of anilines is 1. The molecule has 1 amide bonds. The van der Waals surface area contributed by atoms with Crippen LogP contribution in [0.15, 0.2) is 43.0 Å². The van der Waals surface area contributed by atoms with Crippen molar-refractivity contribution in [3.63, 3.8) is 0 Å². The summed E-state index contributed by atoms with van der Waals surface area (Å²) >= 11 is 0. The van der Waals surface area contributed by atoms with Crippen molar-refractivity contribution in [2.75, 3.05) is 38.5 Å². The van der Waals surface area contributed by atoms with Crippen LogP contribution in [-0.2, 0) is 11.3 Å². The molecule has 4 heterocycles. The van der Waals surface area contributed by atoms with Crippen molar-refractivity contribution in [2.24, 2.45) is 5.92 Å². The number of piperazine rings is 1.